The van der Waals surface area contributed by atoms with Gasteiger partial charge in [0.15, 0.2) is 0 Å². The van der Waals surface area contributed by atoms with E-state index in [2.05, 4.69) is 0 Å². The van der Waals surface area contributed by atoms with Gasteiger partial charge in [0.25, 0.3) is 0 Å². The van der Waals surface area contributed by atoms with Crippen LogP contribution in [0.5, 0.6) is 0 Å². The third kappa shape index (κ3) is 1.98. The molecule has 1 unspecified atom stereocenters. The van der Waals surface area contributed by atoms with Gasteiger partial charge >= 0.3 is 0 Å². The predicted octanol–water partition coefficient (Wildman–Crippen LogP) is 2.40. The maximum absolute atomic E-state index is 13.2. The van der Waals surface area contributed by atoms with Gasteiger partial charge in [-0.2, -0.15) is 0 Å². The number of hydrogen-bond donors (Lipinski definition) is 0. The van der Waals surface area contributed by atoms with Gasteiger partial charge in [-0.05, 0) is 12.1 Å². The molecule has 2 nitrogen and oxygen atoms in total. The minimum atomic E-state index is -2.95. The zero-order chi connectivity index (χ0) is 9.90. The lowest BCUT2D eigenvalue weighted by atomic mass is 10.3. The molecule has 0 spiro atoms. The Labute approximate surface area is 77.2 Å². The molecule has 0 radical (unpaired) electrons. The molecule has 13 heavy (non-hydrogen) atoms. The van der Waals surface area contributed by atoms with Crippen LogP contribution in [0.25, 0.3) is 0 Å². The minimum absolute atomic E-state index is 0.181. The third-order valence-electron chi connectivity index (χ3n) is 1.93. The first-order chi connectivity index (χ1) is 6.14. The third-order valence-corrected chi connectivity index (χ3v) is 4.45. The fourth-order valence-corrected chi connectivity index (χ4v) is 2.63. The Balaban J connectivity index is 3.20. The first-order valence-electron chi connectivity index (χ1n) is 4.04. The Morgan fingerprint density at radius 1 is 1.46 bits per heavy atom. The topological polar surface area (TPSA) is 26.3 Å². The van der Waals surface area contributed by atoms with Crippen LogP contribution in [-0.4, -0.2) is 13.3 Å². The van der Waals surface area contributed by atoms with Crippen molar-refractivity contribution in [3.05, 3.63) is 30.1 Å². The average Bonchev–Trinajstić information content (AvgIpc) is 2.17. The highest BCUT2D eigenvalue weighted by Gasteiger charge is 2.24. The Morgan fingerprint density at radius 3 is 2.54 bits per heavy atom. The monoisotopic (exact) mass is 202 g/mol. The zero-order valence-corrected chi connectivity index (χ0v) is 8.55. The summed E-state index contributed by atoms with van der Waals surface area (Å²) < 4.78 is 30.0. The molecular weight excluding hydrogens is 190 g/mol. The molecule has 0 aliphatic heterocycles. The molecule has 4 heteroatoms. The molecule has 0 saturated carbocycles. The predicted molar refractivity (Wildman–Crippen MR) is 51.2 cm³/mol. The largest absolute Gasteiger partial charge is 0.329 e. The van der Waals surface area contributed by atoms with E-state index in [-0.39, 0.29) is 5.30 Å². The molecule has 1 aromatic carbocycles. The second-order valence-electron chi connectivity index (χ2n) is 2.62. The lowest BCUT2D eigenvalue weighted by Gasteiger charge is -2.14. The summed E-state index contributed by atoms with van der Waals surface area (Å²) >= 11 is 0. The second kappa shape index (κ2) is 4.03. The summed E-state index contributed by atoms with van der Waals surface area (Å²) in [5.41, 5.74) is 0. The fraction of sp³-hybridized carbons (Fsp3) is 0.333. The highest BCUT2D eigenvalue weighted by molar-refractivity contribution is 7.66. The Kier molecular flexibility index (Phi) is 3.23. The van der Waals surface area contributed by atoms with Crippen molar-refractivity contribution in [2.75, 3.05) is 13.3 Å². The summed E-state index contributed by atoms with van der Waals surface area (Å²) in [7, 11) is -1.60. The maximum Gasteiger partial charge on any atom is 0.234 e. The Hall–Kier alpha value is -0.660. The zero-order valence-electron chi connectivity index (χ0n) is 7.66. The van der Waals surface area contributed by atoms with Crippen molar-refractivity contribution >= 4 is 12.7 Å². The van der Waals surface area contributed by atoms with E-state index in [1.807, 2.05) is 0 Å². The van der Waals surface area contributed by atoms with Crippen LogP contribution in [0.3, 0.4) is 0 Å². The summed E-state index contributed by atoms with van der Waals surface area (Å²) in [4.78, 5) is 0. The molecule has 0 amide bonds. The van der Waals surface area contributed by atoms with Gasteiger partial charge in [0.1, 0.15) is 5.82 Å². The van der Waals surface area contributed by atoms with E-state index in [1.165, 1.54) is 19.2 Å². The maximum atomic E-state index is 13.2. The number of benzene rings is 1. The molecule has 0 saturated heterocycles. The van der Waals surface area contributed by atoms with Crippen LogP contribution in [0.1, 0.15) is 6.92 Å². The van der Waals surface area contributed by atoms with Crippen molar-refractivity contribution in [3.8, 4) is 0 Å². The van der Waals surface area contributed by atoms with Gasteiger partial charge < -0.3 is 4.52 Å². The average molecular weight is 202 g/mol. The van der Waals surface area contributed by atoms with Gasteiger partial charge in [0.2, 0.25) is 7.37 Å². The van der Waals surface area contributed by atoms with Crippen molar-refractivity contribution in [2.24, 2.45) is 0 Å². The van der Waals surface area contributed by atoms with E-state index < -0.39 is 13.2 Å². The molecule has 1 aromatic rings. The van der Waals surface area contributed by atoms with E-state index in [4.69, 9.17) is 4.52 Å². The Morgan fingerprint density at radius 2 is 2.08 bits per heavy atom. The number of halogens is 1. The van der Waals surface area contributed by atoms with E-state index in [9.17, 15) is 8.96 Å². The van der Waals surface area contributed by atoms with Crippen molar-refractivity contribution in [1.29, 1.82) is 0 Å². The van der Waals surface area contributed by atoms with Crippen LogP contribution in [0.2, 0.25) is 0 Å². The van der Waals surface area contributed by atoms with Gasteiger partial charge in [-0.15, -0.1) is 0 Å². The van der Waals surface area contributed by atoms with E-state index in [0.717, 1.165) is 0 Å². The molecule has 0 heterocycles. The number of rotatable bonds is 3. The molecule has 0 fully saturated rings. The smallest absolute Gasteiger partial charge is 0.234 e. The lowest BCUT2D eigenvalue weighted by Crippen LogP contribution is -2.12. The Bertz CT molecular complexity index is 330. The summed E-state index contributed by atoms with van der Waals surface area (Å²) in [6.07, 6.45) is 0.310. The van der Waals surface area contributed by atoms with Crippen LogP contribution in [-0.2, 0) is 9.09 Å². The van der Waals surface area contributed by atoms with E-state index in [0.29, 0.717) is 6.16 Å². The number of hydrogen-bond acceptors (Lipinski definition) is 2. The normalized spacial score (nSPS) is 15.3. The highest BCUT2D eigenvalue weighted by atomic mass is 31.2. The van der Waals surface area contributed by atoms with Gasteiger partial charge in [-0.25, -0.2) is 4.39 Å². The van der Waals surface area contributed by atoms with Gasteiger partial charge in [-0.3, -0.25) is 4.57 Å². The fourth-order valence-electron chi connectivity index (χ4n) is 1.13. The van der Waals surface area contributed by atoms with Crippen molar-refractivity contribution < 1.29 is 13.5 Å². The lowest BCUT2D eigenvalue weighted by molar-refractivity contribution is 0.403. The summed E-state index contributed by atoms with van der Waals surface area (Å²) in [5, 5.41) is 0.181. The molecule has 0 aliphatic rings. The molecule has 0 aromatic heterocycles. The van der Waals surface area contributed by atoms with Crippen LogP contribution < -0.4 is 5.30 Å². The van der Waals surface area contributed by atoms with Crippen molar-refractivity contribution in [2.45, 2.75) is 6.92 Å². The summed E-state index contributed by atoms with van der Waals surface area (Å²) in [6.45, 7) is 1.72. The summed E-state index contributed by atoms with van der Waals surface area (Å²) in [5.74, 6) is -0.463. The van der Waals surface area contributed by atoms with Gasteiger partial charge in [0, 0.05) is 13.3 Å². The SMILES string of the molecule is CCP(=O)(OC)c1ccccc1F. The van der Waals surface area contributed by atoms with Gasteiger partial charge in [0.05, 0.1) is 5.30 Å². The van der Waals surface area contributed by atoms with E-state index >= 15 is 0 Å². The molecule has 0 N–H and O–H groups in total. The standard InChI is InChI=1S/C9H12FO2P/c1-3-13(11,12-2)9-7-5-4-6-8(9)10/h4-7H,3H2,1-2H3. The molecule has 1 rings (SSSR count). The summed E-state index contributed by atoms with van der Waals surface area (Å²) in [6, 6.07) is 6.01. The molecule has 1 atom stereocenters. The van der Waals surface area contributed by atoms with Crippen LogP contribution >= 0.6 is 7.37 Å². The first-order valence-corrected chi connectivity index (χ1v) is 5.85. The second-order valence-corrected chi connectivity index (χ2v) is 5.45. The van der Waals surface area contributed by atoms with Crippen LogP contribution in [0, 0.1) is 5.82 Å². The first kappa shape index (κ1) is 10.4. The van der Waals surface area contributed by atoms with Crippen LogP contribution in [0.4, 0.5) is 4.39 Å². The van der Waals surface area contributed by atoms with Gasteiger partial charge in [-0.1, -0.05) is 19.1 Å². The van der Waals surface area contributed by atoms with Crippen molar-refractivity contribution in [1.82, 2.24) is 0 Å². The molecular formula is C9H12FO2P. The van der Waals surface area contributed by atoms with Crippen LogP contribution in [0.15, 0.2) is 24.3 Å². The molecule has 72 valence electrons. The molecule has 0 aliphatic carbocycles. The minimum Gasteiger partial charge on any atom is -0.329 e. The highest BCUT2D eigenvalue weighted by Crippen LogP contribution is 2.44. The van der Waals surface area contributed by atoms with E-state index in [1.54, 1.807) is 19.1 Å². The molecule has 0 bridgehead atoms. The van der Waals surface area contributed by atoms with Crippen molar-refractivity contribution in [3.63, 3.8) is 0 Å². The quantitative estimate of drug-likeness (QED) is 0.703.